The van der Waals surface area contributed by atoms with E-state index in [1.165, 1.54) is 0 Å². The Morgan fingerprint density at radius 1 is 1.28 bits per heavy atom. The fourth-order valence-corrected chi connectivity index (χ4v) is 4.49. The van der Waals surface area contributed by atoms with Crippen LogP contribution in [0.3, 0.4) is 0 Å². The first-order valence-electron chi connectivity index (χ1n) is 6.64. The first-order chi connectivity index (χ1) is 8.31. The number of hydrogen-bond acceptors (Lipinski definition) is 3. The van der Waals surface area contributed by atoms with Crippen molar-refractivity contribution >= 4 is 12.6 Å². The highest BCUT2D eigenvalue weighted by molar-refractivity contribution is 5.90. The van der Waals surface area contributed by atoms with Crippen molar-refractivity contribution in [3.8, 4) is 0 Å². The topological polar surface area (TPSA) is 54.4 Å². The predicted octanol–water partition coefficient (Wildman–Crippen LogP) is 1.89. The second kappa shape index (κ2) is 3.13. The van der Waals surface area contributed by atoms with Crippen molar-refractivity contribution in [3.05, 3.63) is 11.1 Å². The molecule has 3 rings (SSSR count). The van der Waals surface area contributed by atoms with Crippen LogP contribution >= 0.6 is 0 Å². The number of aliphatic hydroxyl groups is 1. The maximum Gasteiger partial charge on any atom is 0.147 e. The summed E-state index contributed by atoms with van der Waals surface area (Å²) in [5.74, 6) is 0.0702. The van der Waals surface area contributed by atoms with Gasteiger partial charge in [0.05, 0.1) is 11.5 Å². The van der Waals surface area contributed by atoms with E-state index in [4.69, 9.17) is 0 Å². The Kier molecular flexibility index (Phi) is 2.10. The highest BCUT2D eigenvalue weighted by atomic mass is 16.3. The van der Waals surface area contributed by atoms with Crippen molar-refractivity contribution in [1.82, 2.24) is 0 Å². The Morgan fingerprint density at radius 2 is 1.94 bits per heavy atom. The van der Waals surface area contributed by atoms with Crippen molar-refractivity contribution in [2.75, 3.05) is 0 Å². The number of carbonyl (C=O) groups is 2. The number of hydrogen-bond donors (Lipinski definition) is 1. The summed E-state index contributed by atoms with van der Waals surface area (Å²) in [5, 5.41) is 10.6. The molecule has 0 aromatic carbocycles. The molecule has 2 saturated carbocycles. The summed E-state index contributed by atoms with van der Waals surface area (Å²) in [6, 6.07) is 0. The highest BCUT2D eigenvalue weighted by Crippen LogP contribution is 2.74. The van der Waals surface area contributed by atoms with Crippen LogP contribution in [0.5, 0.6) is 0 Å². The van der Waals surface area contributed by atoms with Gasteiger partial charge in [-0.2, -0.15) is 0 Å². The molecule has 1 N–H and O–H groups in total. The van der Waals surface area contributed by atoms with Crippen LogP contribution in [0.15, 0.2) is 11.1 Å². The molecule has 0 unspecified atom stereocenters. The van der Waals surface area contributed by atoms with E-state index < -0.39 is 16.9 Å². The number of aldehydes is 2. The van der Waals surface area contributed by atoms with Crippen LogP contribution in [0.4, 0.5) is 0 Å². The van der Waals surface area contributed by atoms with Crippen LogP contribution in [-0.2, 0) is 9.59 Å². The van der Waals surface area contributed by atoms with Gasteiger partial charge in [-0.1, -0.05) is 26.3 Å². The van der Waals surface area contributed by atoms with Gasteiger partial charge in [0.25, 0.3) is 0 Å². The van der Waals surface area contributed by atoms with Gasteiger partial charge in [-0.15, -0.1) is 0 Å². The van der Waals surface area contributed by atoms with Gasteiger partial charge in [-0.05, 0) is 24.7 Å². The van der Waals surface area contributed by atoms with Crippen LogP contribution in [0.25, 0.3) is 0 Å². The molecule has 0 aliphatic heterocycles. The molecule has 0 amide bonds. The molecule has 0 bridgehead atoms. The number of aliphatic hydroxyl groups excluding tert-OH is 1. The van der Waals surface area contributed by atoms with E-state index >= 15 is 0 Å². The minimum Gasteiger partial charge on any atom is -0.392 e. The molecular formula is C15H20O3. The molecule has 0 aromatic rings. The fraction of sp³-hybridized carbons (Fsp3) is 0.733. The Hall–Kier alpha value is -0.960. The monoisotopic (exact) mass is 248 g/mol. The van der Waals surface area contributed by atoms with E-state index in [0.717, 1.165) is 31.0 Å². The van der Waals surface area contributed by atoms with Crippen LogP contribution in [-0.4, -0.2) is 23.8 Å². The Morgan fingerprint density at radius 3 is 2.50 bits per heavy atom. The molecule has 18 heavy (non-hydrogen) atoms. The number of allylic oxidation sites excluding steroid dienone is 1. The lowest BCUT2D eigenvalue weighted by Gasteiger charge is -2.35. The first-order valence-corrected chi connectivity index (χ1v) is 6.64. The minimum atomic E-state index is -0.694. The molecule has 0 heterocycles. The molecule has 0 aromatic heterocycles. The molecule has 0 saturated heterocycles. The van der Waals surface area contributed by atoms with Crippen LogP contribution in [0, 0.1) is 22.2 Å². The minimum absolute atomic E-state index is 0.0702. The zero-order valence-corrected chi connectivity index (χ0v) is 11.2. The summed E-state index contributed by atoms with van der Waals surface area (Å²) < 4.78 is 0. The summed E-state index contributed by atoms with van der Waals surface area (Å²) in [4.78, 5) is 23.0. The Balaban J connectivity index is 2.18. The van der Waals surface area contributed by atoms with Gasteiger partial charge < -0.3 is 9.90 Å². The van der Waals surface area contributed by atoms with Gasteiger partial charge >= 0.3 is 0 Å². The molecule has 3 heteroatoms. The lowest BCUT2D eigenvalue weighted by atomic mass is 9.71. The molecule has 2 fully saturated rings. The summed E-state index contributed by atoms with van der Waals surface area (Å²) in [5.41, 5.74) is 0.734. The number of fused-ring (bicyclic) bond motifs is 2. The van der Waals surface area contributed by atoms with Gasteiger partial charge in [-0.3, -0.25) is 4.79 Å². The third kappa shape index (κ3) is 1.14. The maximum absolute atomic E-state index is 11.5. The summed E-state index contributed by atoms with van der Waals surface area (Å²) in [6.07, 6.45) is 3.64. The van der Waals surface area contributed by atoms with Gasteiger partial charge in [-0.25, -0.2) is 0 Å². The van der Waals surface area contributed by atoms with Crippen molar-refractivity contribution in [2.24, 2.45) is 22.2 Å². The summed E-state index contributed by atoms with van der Waals surface area (Å²) in [7, 11) is 0. The number of carbonyl (C=O) groups excluding carboxylic acids is 2. The maximum atomic E-state index is 11.5. The van der Waals surface area contributed by atoms with Crippen LogP contribution in [0.2, 0.25) is 0 Å². The van der Waals surface area contributed by atoms with Crippen molar-refractivity contribution in [1.29, 1.82) is 0 Å². The molecule has 0 spiro atoms. The lowest BCUT2D eigenvalue weighted by molar-refractivity contribution is -0.116. The second-order valence-corrected chi connectivity index (χ2v) is 7.34. The highest BCUT2D eigenvalue weighted by Gasteiger charge is 2.74. The number of rotatable bonds is 2. The normalized spacial score (nSPS) is 48.4. The van der Waals surface area contributed by atoms with E-state index in [0.29, 0.717) is 12.0 Å². The van der Waals surface area contributed by atoms with Gasteiger partial charge in [0.1, 0.15) is 12.6 Å². The Bertz CT molecular complexity index is 476. The Labute approximate surface area is 107 Å². The largest absolute Gasteiger partial charge is 0.392 e. The summed E-state index contributed by atoms with van der Waals surface area (Å²) in [6.45, 7) is 6.27. The SMILES string of the molecule is CC1(C)CC2=C(C=O)[C@]3(C=O)C[C@]3(C)[C@@H](O)[C@@H]2C1. The molecule has 0 radical (unpaired) electrons. The molecule has 3 nitrogen and oxygen atoms in total. The van der Waals surface area contributed by atoms with Crippen molar-refractivity contribution in [3.63, 3.8) is 0 Å². The van der Waals surface area contributed by atoms with Crippen LogP contribution < -0.4 is 0 Å². The van der Waals surface area contributed by atoms with Gasteiger partial charge in [0.2, 0.25) is 0 Å². The predicted molar refractivity (Wildman–Crippen MR) is 66.8 cm³/mol. The molecule has 3 aliphatic rings. The average molecular weight is 248 g/mol. The van der Waals surface area contributed by atoms with E-state index in [1.54, 1.807) is 0 Å². The zero-order valence-electron chi connectivity index (χ0n) is 11.2. The quantitative estimate of drug-likeness (QED) is 0.759. The lowest BCUT2D eigenvalue weighted by Crippen LogP contribution is -2.39. The molecule has 4 atom stereocenters. The van der Waals surface area contributed by atoms with Crippen LogP contribution in [0.1, 0.15) is 40.0 Å². The molecular weight excluding hydrogens is 228 g/mol. The summed E-state index contributed by atoms with van der Waals surface area (Å²) >= 11 is 0. The van der Waals surface area contributed by atoms with Crippen molar-refractivity contribution < 1.29 is 14.7 Å². The first kappa shape index (κ1) is 12.1. The molecule has 98 valence electrons. The third-order valence-corrected chi connectivity index (χ3v) is 5.61. The second-order valence-electron chi connectivity index (χ2n) is 7.34. The molecule has 3 aliphatic carbocycles. The van der Waals surface area contributed by atoms with E-state index in [1.807, 2.05) is 6.92 Å². The van der Waals surface area contributed by atoms with Gasteiger partial charge in [0.15, 0.2) is 0 Å². The van der Waals surface area contributed by atoms with Gasteiger partial charge in [0, 0.05) is 16.9 Å². The van der Waals surface area contributed by atoms with E-state index in [-0.39, 0.29) is 11.3 Å². The zero-order chi connectivity index (χ0) is 13.3. The van der Waals surface area contributed by atoms with E-state index in [2.05, 4.69) is 13.8 Å². The third-order valence-electron chi connectivity index (χ3n) is 5.61. The van der Waals surface area contributed by atoms with Crippen molar-refractivity contribution in [2.45, 2.75) is 46.1 Å². The standard InChI is InChI=1S/C15H20O3/c1-13(2)4-9-10(5-13)12(18)14(3)7-15(14,8-17)11(9)6-16/h6,8,10,12,18H,4-5,7H2,1-3H3/t10-,12+,14-,15-/m1/s1. The fourth-order valence-electron chi connectivity index (χ4n) is 4.49. The van der Waals surface area contributed by atoms with E-state index in [9.17, 15) is 14.7 Å². The smallest absolute Gasteiger partial charge is 0.147 e. The average Bonchev–Trinajstić information content (AvgIpc) is 2.80.